The summed E-state index contributed by atoms with van der Waals surface area (Å²) in [5.41, 5.74) is 2.96. The fourth-order valence-corrected chi connectivity index (χ4v) is 3.28. The Bertz CT molecular complexity index is 434. The van der Waals surface area contributed by atoms with E-state index >= 15 is 0 Å². The standard InChI is InChI=1S/C14H19NO2S/c1-15-13(14(16)17-2)9-18-12-7-6-10-4-3-5-11(10)8-12/h6-8,13,15H,3-5,9H2,1-2H3. The van der Waals surface area contributed by atoms with E-state index in [1.807, 2.05) is 0 Å². The number of fused-ring (bicyclic) bond motifs is 1. The molecular weight excluding hydrogens is 246 g/mol. The second-order valence-electron chi connectivity index (χ2n) is 4.46. The first-order chi connectivity index (χ1) is 8.74. The van der Waals surface area contributed by atoms with E-state index in [9.17, 15) is 4.79 Å². The molecule has 0 fully saturated rings. The minimum absolute atomic E-state index is 0.203. The third kappa shape index (κ3) is 3.06. The van der Waals surface area contributed by atoms with E-state index < -0.39 is 0 Å². The van der Waals surface area contributed by atoms with Crippen molar-refractivity contribution >= 4 is 17.7 Å². The SMILES string of the molecule is CNC(CSc1ccc2c(c1)CCC2)C(=O)OC. The Kier molecular flexibility index (Phi) is 4.66. The first kappa shape index (κ1) is 13.4. The van der Waals surface area contributed by atoms with Gasteiger partial charge in [-0.25, -0.2) is 0 Å². The Labute approximate surface area is 112 Å². The van der Waals surface area contributed by atoms with Crippen LogP contribution in [-0.2, 0) is 22.4 Å². The third-order valence-electron chi connectivity index (χ3n) is 3.32. The van der Waals surface area contributed by atoms with Gasteiger partial charge < -0.3 is 10.1 Å². The van der Waals surface area contributed by atoms with Crippen LogP contribution in [0.5, 0.6) is 0 Å². The number of thioether (sulfide) groups is 1. The molecule has 1 aliphatic carbocycles. The van der Waals surface area contributed by atoms with Gasteiger partial charge in [0.1, 0.15) is 6.04 Å². The number of rotatable bonds is 5. The second-order valence-corrected chi connectivity index (χ2v) is 5.55. The molecule has 18 heavy (non-hydrogen) atoms. The molecule has 0 bridgehead atoms. The van der Waals surface area contributed by atoms with Gasteiger partial charge in [-0.2, -0.15) is 0 Å². The molecule has 2 rings (SSSR count). The molecule has 1 aromatic rings. The molecule has 98 valence electrons. The Morgan fingerprint density at radius 1 is 1.44 bits per heavy atom. The summed E-state index contributed by atoms with van der Waals surface area (Å²) in [7, 11) is 3.21. The predicted molar refractivity (Wildman–Crippen MR) is 74.1 cm³/mol. The van der Waals surface area contributed by atoms with Crippen molar-refractivity contribution in [1.82, 2.24) is 5.32 Å². The second kappa shape index (κ2) is 6.25. The van der Waals surface area contributed by atoms with Gasteiger partial charge in [-0.05, 0) is 49.6 Å². The van der Waals surface area contributed by atoms with E-state index in [4.69, 9.17) is 4.74 Å². The van der Waals surface area contributed by atoms with E-state index in [1.54, 1.807) is 18.8 Å². The van der Waals surface area contributed by atoms with Crippen molar-refractivity contribution in [1.29, 1.82) is 0 Å². The highest BCUT2D eigenvalue weighted by Gasteiger charge is 2.17. The molecule has 0 aromatic heterocycles. The molecule has 0 heterocycles. The Hall–Kier alpha value is -1.00. The highest BCUT2D eigenvalue weighted by molar-refractivity contribution is 7.99. The zero-order valence-corrected chi connectivity index (χ0v) is 11.7. The van der Waals surface area contributed by atoms with Crippen LogP contribution in [0.25, 0.3) is 0 Å². The van der Waals surface area contributed by atoms with Crippen molar-refractivity contribution in [2.45, 2.75) is 30.2 Å². The van der Waals surface area contributed by atoms with Crippen molar-refractivity contribution in [3.63, 3.8) is 0 Å². The van der Waals surface area contributed by atoms with Crippen molar-refractivity contribution in [2.75, 3.05) is 19.9 Å². The van der Waals surface area contributed by atoms with E-state index in [0.29, 0.717) is 5.75 Å². The van der Waals surface area contributed by atoms with Crippen LogP contribution in [0.1, 0.15) is 17.5 Å². The maximum absolute atomic E-state index is 11.5. The molecule has 3 nitrogen and oxygen atoms in total. The zero-order valence-electron chi connectivity index (χ0n) is 10.9. The van der Waals surface area contributed by atoms with Gasteiger partial charge in [0.05, 0.1) is 7.11 Å². The maximum atomic E-state index is 11.5. The number of esters is 1. The highest BCUT2D eigenvalue weighted by atomic mass is 32.2. The molecule has 1 aromatic carbocycles. The van der Waals surface area contributed by atoms with E-state index in [0.717, 1.165) is 0 Å². The van der Waals surface area contributed by atoms with Gasteiger partial charge in [-0.1, -0.05) is 6.07 Å². The van der Waals surface area contributed by atoms with Gasteiger partial charge in [0.25, 0.3) is 0 Å². The number of likely N-dealkylation sites (N-methyl/N-ethyl adjacent to an activating group) is 1. The minimum Gasteiger partial charge on any atom is -0.468 e. The van der Waals surface area contributed by atoms with Crippen molar-refractivity contribution in [3.05, 3.63) is 29.3 Å². The maximum Gasteiger partial charge on any atom is 0.323 e. The number of benzene rings is 1. The number of methoxy groups -OCH3 is 1. The van der Waals surface area contributed by atoms with E-state index in [2.05, 4.69) is 23.5 Å². The Balaban J connectivity index is 1.95. The van der Waals surface area contributed by atoms with Crippen LogP contribution in [-0.4, -0.2) is 31.9 Å². The average Bonchev–Trinajstić information content (AvgIpc) is 2.86. The van der Waals surface area contributed by atoms with E-state index in [-0.39, 0.29) is 12.0 Å². The van der Waals surface area contributed by atoms with Crippen molar-refractivity contribution in [3.8, 4) is 0 Å². The van der Waals surface area contributed by atoms with Crippen molar-refractivity contribution < 1.29 is 9.53 Å². The molecule has 0 amide bonds. The Morgan fingerprint density at radius 3 is 2.94 bits per heavy atom. The first-order valence-corrected chi connectivity index (χ1v) is 7.23. The van der Waals surface area contributed by atoms with Crippen LogP contribution in [0.3, 0.4) is 0 Å². The monoisotopic (exact) mass is 265 g/mol. The number of hydrogen-bond acceptors (Lipinski definition) is 4. The molecular formula is C14H19NO2S. The molecule has 0 radical (unpaired) electrons. The van der Waals surface area contributed by atoms with Gasteiger partial charge in [-0.15, -0.1) is 11.8 Å². The molecule has 1 aliphatic rings. The molecule has 0 saturated carbocycles. The Morgan fingerprint density at radius 2 is 2.22 bits per heavy atom. The van der Waals surface area contributed by atoms with Gasteiger partial charge in [0.2, 0.25) is 0 Å². The lowest BCUT2D eigenvalue weighted by molar-refractivity contribution is -0.142. The molecule has 0 saturated heterocycles. The fraction of sp³-hybridized carbons (Fsp3) is 0.500. The van der Waals surface area contributed by atoms with Crippen LogP contribution < -0.4 is 5.32 Å². The summed E-state index contributed by atoms with van der Waals surface area (Å²) >= 11 is 1.70. The number of hydrogen-bond donors (Lipinski definition) is 1. The number of aryl methyl sites for hydroxylation is 2. The van der Waals surface area contributed by atoms with Gasteiger partial charge >= 0.3 is 5.97 Å². The van der Waals surface area contributed by atoms with Gasteiger partial charge in [0.15, 0.2) is 0 Å². The largest absolute Gasteiger partial charge is 0.468 e. The molecule has 1 atom stereocenters. The zero-order chi connectivity index (χ0) is 13.0. The van der Waals surface area contributed by atoms with Crippen LogP contribution in [0.2, 0.25) is 0 Å². The summed E-state index contributed by atoms with van der Waals surface area (Å²) < 4.78 is 4.75. The lowest BCUT2D eigenvalue weighted by atomic mass is 10.1. The lowest BCUT2D eigenvalue weighted by Gasteiger charge is -2.13. The predicted octanol–water partition coefficient (Wildman–Crippen LogP) is 2.03. The smallest absolute Gasteiger partial charge is 0.323 e. The van der Waals surface area contributed by atoms with E-state index in [1.165, 1.54) is 42.4 Å². The highest BCUT2D eigenvalue weighted by Crippen LogP contribution is 2.27. The summed E-state index contributed by atoms with van der Waals surface area (Å²) in [4.78, 5) is 12.7. The van der Waals surface area contributed by atoms with Crippen LogP contribution in [0.4, 0.5) is 0 Å². The third-order valence-corrected chi connectivity index (χ3v) is 4.41. The minimum atomic E-state index is -0.242. The average molecular weight is 265 g/mol. The summed E-state index contributed by atoms with van der Waals surface area (Å²) in [5.74, 6) is 0.494. The number of carbonyl (C=O) groups excluding carboxylic acids is 1. The molecule has 1 N–H and O–H groups in total. The van der Waals surface area contributed by atoms with Crippen LogP contribution >= 0.6 is 11.8 Å². The lowest BCUT2D eigenvalue weighted by Crippen LogP contribution is -2.37. The van der Waals surface area contributed by atoms with Crippen LogP contribution in [0.15, 0.2) is 23.1 Å². The number of ether oxygens (including phenoxy) is 1. The van der Waals surface area contributed by atoms with Crippen LogP contribution in [0, 0.1) is 0 Å². The molecule has 1 unspecified atom stereocenters. The molecule has 0 aliphatic heterocycles. The summed E-state index contributed by atoms with van der Waals surface area (Å²) in [6.45, 7) is 0. The summed E-state index contributed by atoms with van der Waals surface area (Å²) in [6, 6.07) is 6.39. The normalized spacial score (nSPS) is 15.2. The topological polar surface area (TPSA) is 38.3 Å². The fourth-order valence-electron chi connectivity index (χ4n) is 2.23. The first-order valence-electron chi connectivity index (χ1n) is 6.24. The van der Waals surface area contributed by atoms with Gasteiger partial charge in [0, 0.05) is 10.6 Å². The number of carbonyl (C=O) groups is 1. The van der Waals surface area contributed by atoms with Gasteiger partial charge in [-0.3, -0.25) is 4.79 Å². The summed E-state index contributed by atoms with van der Waals surface area (Å²) in [6.07, 6.45) is 3.67. The number of nitrogens with one attached hydrogen (secondary N) is 1. The van der Waals surface area contributed by atoms with Crippen molar-refractivity contribution in [2.24, 2.45) is 0 Å². The molecule has 0 spiro atoms. The quantitative estimate of drug-likeness (QED) is 0.653. The molecule has 4 heteroatoms. The summed E-state index contributed by atoms with van der Waals surface area (Å²) in [5, 5.41) is 2.98.